The van der Waals surface area contributed by atoms with Crippen molar-refractivity contribution in [3.05, 3.63) is 78.1 Å². The number of anilines is 1. The molecule has 30 heavy (non-hydrogen) atoms. The lowest BCUT2D eigenvalue weighted by molar-refractivity contribution is 0.0951. The molecule has 0 aliphatic carbocycles. The summed E-state index contributed by atoms with van der Waals surface area (Å²) in [6.07, 6.45) is 1.64. The maximum Gasteiger partial charge on any atom is 0.262 e. The molecule has 0 fully saturated rings. The molecule has 4 rings (SSSR count). The van der Waals surface area contributed by atoms with E-state index in [1.54, 1.807) is 42.6 Å². The Kier molecular flexibility index (Phi) is 5.53. The number of amides is 1. The second-order valence-corrected chi connectivity index (χ2v) is 8.14. The average molecular weight is 425 g/mol. The summed E-state index contributed by atoms with van der Waals surface area (Å²) in [6.45, 7) is 0.991. The van der Waals surface area contributed by atoms with Crippen LogP contribution in [0.25, 0.3) is 0 Å². The van der Waals surface area contributed by atoms with Crippen molar-refractivity contribution < 1.29 is 22.7 Å². The molecule has 0 bridgehead atoms. The van der Waals surface area contributed by atoms with Crippen molar-refractivity contribution in [3.63, 3.8) is 0 Å². The summed E-state index contributed by atoms with van der Waals surface area (Å²) in [5.41, 5.74) is 1.07. The van der Waals surface area contributed by atoms with Crippen molar-refractivity contribution in [2.75, 3.05) is 17.9 Å². The monoisotopic (exact) mass is 425 g/mol. The molecule has 1 aliphatic rings. The molecule has 0 saturated carbocycles. The van der Waals surface area contributed by atoms with Crippen LogP contribution in [0.2, 0.25) is 0 Å². The van der Waals surface area contributed by atoms with Gasteiger partial charge in [0.1, 0.15) is 13.2 Å². The molecule has 1 amide bonds. The van der Waals surface area contributed by atoms with Crippen molar-refractivity contribution in [2.24, 2.45) is 0 Å². The van der Waals surface area contributed by atoms with Crippen LogP contribution in [0.15, 0.2) is 71.8 Å². The molecular weight excluding hydrogens is 406 g/mol. The lowest BCUT2D eigenvalue weighted by Gasteiger charge is -2.19. The number of ether oxygens (including phenoxy) is 2. The van der Waals surface area contributed by atoms with Gasteiger partial charge in [0, 0.05) is 12.3 Å². The van der Waals surface area contributed by atoms with Crippen LogP contribution in [-0.2, 0) is 16.6 Å². The van der Waals surface area contributed by atoms with Crippen molar-refractivity contribution in [2.45, 2.75) is 11.4 Å². The summed E-state index contributed by atoms with van der Waals surface area (Å²) in [5.74, 6) is 0.446. The van der Waals surface area contributed by atoms with Crippen molar-refractivity contribution in [1.29, 1.82) is 0 Å². The highest BCUT2D eigenvalue weighted by Gasteiger charge is 2.21. The van der Waals surface area contributed by atoms with Crippen LogP contribution in [0.1, 0.15) is 16.1 Å². The first-order valence-corrected chi connectivity index (χ1v) is 10.7. The van der Waals surface area contributed by atoms with E-state index in [1.807, 2.05) is 6.07 Å². The van der Waals surface area contributed by atoms with Crippen molar-refractivity contribution in [1.82, 2.24) is 10.3 Å². The number of nitrogens with one attached hydrogen (secondary N) is 2. The van der Waals surface area contributed by atoms with Gasteiger partial charge >= 0.3 is 0 Å². The minimum absolute atomic E-state index is 0.00967. The molecule has 2 N–H and O–H groups in total. The second-order valence-electron chi connectivity index (χ2n) is 6.46. The van der Waals surface area contributed by atoms with Gasteiger partial charge < -0.3 is 14.8 Å². The van der Waals surface area contributed by atoms with E-state index in [0.717, 1.165) is 0 Å². The molecule has 3 aromatic rings. The fourth-order valence-corrected chi connectivity index (χ4v) is 4.03. The molecule has 0 spiro atoms. The fourth-order valence-electron chi connectivity index (χ4n) is 2.93. The number of nitrogens with zero attached hydrogens (tertiary/aromatic N) is 1. The van der Waals surface area contributed by atoms with Gasteiger partial charge in [-0.25, -0.2) is 8.42 Å². The van der Waals surface area contributed by atoms with Crippen LogP contribution in [-0.4, -0.2) is 32.5 Å². The second kappa shape index (κ2) is 8.42. The van der Waals surface area contributed by atoms with Gasteiger partial charge in [-0.15, -0.1) is 0 Å². The van der Waals surface area contributed by atoms with Crippen molar-refractivity contribution in [3.8, 4) is 11.5 Å². The summed E-state index contributed by atoms with van der Waals surface area (Å²) in [4.78, 5) is 16.8. The van der Waals surface area contributed by atoms with Crippen LogP contribution < -0.4 is 19.5 Å². The first-order valence-electron chi connectivity index (χ1n) is 9.22. The molecule has 8 nitrogen and oxygen atoms in total. The first-order chi connectivity index (χ1) is 14.5. The molecule has 0 atom stereocenters. The van der Waals surface area contributed by atoms with Crippen LogP contribution in [0.3, 0.4) is 0 Å². The smallest absolute Gasteiger partial charge is 0.262 e. The Bertz CT molecular complexity index is 1170. The number of rotatable bonds is 6. The maximum atomic E-state index is 12.9. The third kappa shape index (κ3) is 4.36. The lowest BCUT2D eigenvalue weighted by Crippen LogP contribution is -2.25. The van der Waals surface area contributed by atoms with Gasteiger partial charge in [0.05, 0.1) is 28.4 Å². The summed E-state index contributed by atoms with van der Waals surface area (Å²) >= 11 is 0. The van der Waals surface area contributed by atoms with Gasteiger partial charge in [-0.3, -0.25) is 14.5 Å². The van der Waals surface area contributed by atoms with E-state index >= 15 is 0 Å². The van der Waals surface area contributed by atoms with Crippen LogP contribution >= 0.6 is 0 Å². The van der Waals surface area contributed by atoms with Crippen LogP contribution in [0.5, 0.6) is 11.5 Å². The Balaban J connectivity index is 1.54. The number of hydrogen-bond acceptors (Lipinski definition) is 6. The maximum absolute atomic E-state index is 12.9. The van der Waals surface area contributed by atoms with E-state index in [2.05, 4.69) is 15.0 Å². The van der Waals surface area contributed by atoms with Gasteiger partial charge in [-0.1, -0.05) is 18.2 Å². The van der Waals surface area contributed by atoms with E-state index in [4.69, 9.17) is 9.47 Å². The minimum Gasteiger partial charge on any atom is -0.486 e. The number of hydrogen-bond donors (Lipinski definition) is 2. The summed E-state index contributed by atoms with van der Waals surface area (Å²) in [5, 5.41) is 2.75. The Hall–Kier alpha value is -3.59. The van der Waals surface area contributed by atoms with Gasteiger partial charge in [0.25, 0.3) is 15.9 Å². The normalized spacial score (nSPS) is 12.8. The van der Waals surface area contributed by atoms with Gasteiger partial charge in [-0.2, -0.15) is 0 Å². The zero-order valence-electron chi connectivity index (χ0n) is 15.9. The number of fused-ring (bicyclic) bond motifs is 1. The molecule has 0 radical (unpaired) electrons. The number of carbonyl (C=O) groups excluding carboxylic acids is 1. The van der Waals surface area contributed by atoms with Gasteiger partial charge in [-0.05, 0) is 36.4 Å². The molecule has 9 heteroatoms. The Morgan fingerprint density at radius 3 is 2.53 bits per heavy atom. The number of aromatic nitrogens is 1. The molecular formula is C21H19N3O5S. The number of carbonyl (C=O) groups is 1. The number of pyridine rings is 1. The highest BCUT2D eigenvalue weighted by Crippen LogP contribution is 2.33. The molecule has 154 valence electrons. The van der Waals surface area contributed by atoms with E-state index in [-0.39, 0.29) is 22.7 Å². The molecule has 2 aromatic carbocycles. The zero-order chi connectivity index (χ0) is 21.0. The molecule has 0 saturated heterocycles. The highest BCUT2D eigenvalue weighted by molar-refractivity contribution is 7.92. The topological polar surface area (TPSA) is 107 Å². The quantitative estimate of drug-likeness (QED) is 0.629. The highest BCUT2D eigenvalue weighted by atomic mass is 32.2. The fraction of sp³-hybridized carbons (Fsp3) is 0.143. The van der Waals surface area contributed by atoms with E-state index in [0.29, 0.717) is 30.4 Å². The van der Waals surface area contributed by atoms with E-state index < -0.39 is 15.9 Å². The minimum atomic E-state index is -3.95. The Morgan fingerprint density at radius 1 is 0.967 bits per heavy atom. The predicted octanol–water partition coefficient (Wildman–Crippen LogP) is 2.58. The first kappa shape index (κ1) is 19.7. The SMILES string of the molecule is O=C(NCc1ccccn1)c1ccccc1NS(=O)(=O)c1ccc2c(c1)OCCO2. The predicted molar refractivity (Wildman–Crippen MR) is 110 cm³/mol. The van der Waals surface area contributed by atoms with Gasteiger partial charge in [0.15, 0.2) is 11.5 Å². The van der Waals surface area contributed by atoms with E-state index in [1.165, 1.54) is 18.2 Å². The standard InChI is InChI=1S/C21H19N3O5S/c25-21(23-14-15-5-3-4-10-22-15)17-6-1-2-7-18(17)24-30(26,27)16-8-9-19-20(13-16)29-12-11-28-19/h1-10,13,24H,11-12,14H2,(H,23,25). The largest absolute Gasteiger partial charge is 0.486 e. The Labute approximate surface area is 173 Å². The van der Waals surface area contributed by atoms with Crippen LogP contribution in [0, 0.1) is 0 Å². The third-order valence-corrected chi connectivity index (χ3v) is 5.76. The molecule has 0 unspecified atom stereocenters. The molecule has 2 heterocycles. The van der Waals surface area contributed by atoms with Gasteiger partial charge in [0.2, 0.25) is 0 Å². The molecule has 1 aliphatic heterocycles. The summed E-state index contributed by atoms with van der Waals surface area (Å²) < 4.78 is 39.2. The summed E-state index contributed by atoms with van der Waals surface area (Å²) in [7, 11) is -3.95. The number of benzene rings is 2. The average Bonchev–Trinajstić information content (AvgIpc) is 2.78. The number of sulfonamides is 1. The van der Waals surface area contributed by atoms with E-state index in [9.17, 15) is 13.2 Å². The number of para-hydroxylation sites is 1. The van der Waals surface area contributed by atoms with Crippen molar-refractivity contribution >= 4 is 21.6 Å². The molecule has 1 aromatic heterocycles. The van der Waals surface area contributed by atoms with Crippen LogP contribution in [0.4, 0.5) is 5.69 Å². The summed E-state index contributed by atoms with van der Waals surface area (Å²) in [6, 6.07) is 16.2. The lowest BCUT2D eigenvalue weighted by atomic mass is 10.1. The zero-order valence-corrected chi connectivity index (χ0v) is 16.7. The third-order valence-electron chi connectivity index (χ3n) is 4.40. The Morgan fingerprint density at radius 2 is 1.73 bits per heavy atom.